The lowest BCUT2D eigenvalue weighted by atomic mass is 10.2. The molecule has 1 heterocycles. The van der Waals surface area contributed by atoms with Gasteiger partial charge in [0.15, 0.2) is 16.7 Å². The Labute approximate surface area is 200 Å². The number of carbonyl (C=O) groups is 1. The lowest BCUT2D eigenvalue weighted by Gasteiger charge is -2.11. The van der Waals surface area contributed by atoms with Gasteiger partial charge in [0.1, 0.15) is 6.61 Å². The van der Waals surface area contributed by atoms with Gasteiger partial charge in [-0.1, -0.05) is 53.5 Å². The maximum absolute atomic E-state index is 12.4. The molecule has 1 aliphatic rings. The molecule has 0 radical (unpaired) electrons. The fourth-order valence-electron chi connectivity index (χ4n) is 2.92. The number of rotatable bonds is 6. The zero-order valence-corrected chi connectivity index (χ0v) is 19.3. The summed E-state index contributed by atoms with van der Waals surface area (Å²) in [7, 11) is 1.58. The molecule has 3 aromatic rings. The van der Waals surface area contributed by atoms with Crippen molar-refractivity contribution in [1.29, 1.82) is 0 Å². The Bertz CT molecular complexity index is 1210. The molecule has 162 valence electrons. The van der Waals surface area contributed by atoms with Crippen LogP contribution < -0.4 is 14.8 Å². The molecule has 4 rings (SSSR count). The number of benzene rings is 3. The molecule has 1 amide bonds. The quantitative estimate of drug-likeness (QED) is 0.407. The summed E-state index contributed by atoms with van der Waals surface area (Å²) in [4.78, 5) is 17.3. The second kappa shape index (κ2) is 10.1. The molecule has 1 saturated heterocycles. The first-order valence-electron chi connectivity index (χ1n) is 9.61. The maximum atomic E-state index is 12.4. The van der Waals surface area contributed by atoms with Crippen LogP contribution in [0.5, 0.6) is 11.5 Å². The van der Waals surface area contributed by atoms with E-state index in [0.29, 0.717) is 43.9 Å². The highest BCUT2D eigenvalue weighted by molar-refractivity contribution is 8.18. The molecule has 0 spiro atoms. The summed E-state index contributed by atoms with van der Waals surface area (Å²) in [6.45, 7) is 0.383. The normalized spacial score (nSPS) is 15.8. The number of methoxy groups -OCH3 is 1. The van der Waals surface area contributed by atoms with Crippen molar-refractivity contribution in [3.8, 4) is 11.5 Å². The number of thioether (sulfide) groups is 1. The van der Waals surface area contributed by atoms with Crippen LogP contribution in [-0.2, 0) is 11.4 Å². The summed E-state index contributed by atoms with van der Waals surface area (Å²) in [6.07, 6.45) is 1.78. The standard InChI is InChI=1S/C24H18Cl2N2O3S/c1-30-21-12-16(8-11-20(21)31-14-15-6-9-17(25)10-7-15)13-22-23(29)28-24(32-22)27-19-5-3-2-4-18(19)26/h2-13H,14H2,1H3,(H,27,28,29)/b22-13+. The highest BCUT2D eigenvalue weighted by Gasteiger charge is 2.24. The van der Waals surface area contributed by atoms with Crippen molar-refractivity contribution in [1.82, 2.24) is 5.32 Å². The third-order valence-electron chi connectivity index (χ3n) is 4.52. The molecule has 0 aliphatic carbocycles. The largest absolute Gasteiger partial charge is 0.493 e. The summed E-state index contributed by atoms with van der Waals surface area (Å²) in [5.74, 6) is 0.957. The van der Waals surface area contributed by atoms with E-state index in [1.165, 1.54) is 11.8 Å². The molecule has 0 bridgehead atoms. The van der Waals surface area contributed by atoms with E-state index in [0.717, 1.165) is 11.1 Å². The summed E-state index contributed by atoms with van der Waals surface area (Å²) in [6, 6.07) is 20.2. The Kier molecular flexibility index (Phi) is 7.05. The molecule has 8 heteroatoms. The van der Waals surface area contributed by atoms with E-state index in [2.05, 4.69) is 10.3 Å². The van der Waals surface area contributed by atoms with Gasteiger partial charge < -0.3 is 14.8 Å². The number of ether oxygens (including phenoxy) is 2. The number of nitrogens with one attached hydrogen (secondary N) is 1. The average molecular weight is 485 g/mol. The highest BCUT2D eigenvalue weighted by Crippen LogP contribution is 2.33. The number of amidine groups is 1. The second-order valence-corrected chi connectivity index (χ2v) is 8.63. The SMILES string of the molecule is COc1cc(/C=C2/SC(=Nc3ccccc3Cl)NC2=O)ccc1OCc1ccc(Cl)cc1. The van der Waals surface area contributed by atoms with Gasteiger partial charge in [-0.05, 0) is 65.4 Å². The van der Waals surface area contributed by atoms with Crippen molar-refractivity contribution in [3.63, 3.8) is 0 Å². The van der Waals surface area contributed by atoms with Crippen molar-refractivity contribution in [2.24, 2.45) is 4.99 Å². The minimum Gasteiger partial charge on any atom is -0.493 e. The number of para-hydroxylation sites is 1. The molecule has 3 aromatic carbocycles. The van der Waals surface area contributed by atoms with E-state index in [1.807, 2.05) is 54.6 Å². The van der Waals surface area contributed by atoms with Crippen LogP contribution in [-0.4, -0.2) is 18.2 Å². The van der Waals surface area contributed by atoms with Crippen LogP contribution in [0.4, 0.5) is 5.69 Å². The minimum absolute atomic E-state index is 0.220. The van der Waals surface area contributed by atoms with E-state index in [4.69, 9.17) is 32.7 Å². The molecule has 0 saturated carbocycles. The number of aliphatic imine (C=N–C) groups is 1. The molecule has 5 nitrogen and oxygen atoms in total. The number of amides is 1. The topological polar surface area (TPSA) is 59.9 Å². The van der Waals surface area contributed by atoms with E-state index in [1.54, 1.807) is 25.3 Å². The molecule has 0 atom stereocenters. The first kappa shape index (κ1) is 22.3. The third kappa shape index (κ3) is 5.46. The molecule has 1 aliphatic heterocycles. The van der Waals surface area contributed by atoms with Gasteiger partial charge in [-0.2, -0.15) is 0 Å². The van der Waals surface area contributed by atoms with Crippen molar-refractivity contribution in [2.75, 3.05) is 7.11 Å². The third-order valence-corrected chi connectivity index (χ3v) is 6.00. The highest BCUT2D eigenvalue weighted by atomic mass is 35.5. The van der Waals surface area contributed by atoms with Crippen LogP contribution in [0.25, 0.3) is 6.08 Å². The summed E-state index contributed by atoms with van der Waals surface area (Å²) >= 11 is 13.3. The van der Waals surface area contributed by atoms with E-state index >= 15 is 0 Å². The van der Waals surface area contributed by atoms with Crippen molar-refractivity contribution >= 4 is 57.8 Å². The van der Waals surface area contributed by atoms with E-state index in [-0.39, 0.29) is 5.91 Å². The van der Waals surface area contributed by atoms with E-state index < -0.39 is 0 Å². The monoisotopic (exact) mass is 484 g/mol. The molecule has 1 N–H and O–H groups in total. The smallest absolute Gasteiger partial charge is 0.264 e. The zero-order chi connectivity index (χ0) is 22.5. The van der Waals surface area contributed by atoms with Gasteiger partial charge in [0.2, 0.25) is 0 Å². The predicted molar refractivity (Wildman–Crippen MR) is 131 cm³/mol. The van der Waals surface area contributed by atoms with Gasteiger partial charge in [0.25, 0.3) is 5.91 Å². The summed E-state index contributed by atoms with van der Waals surface area (Å²) in [5, 5.41) is 4.44. The van der Waals surface area contributed by atoms with Gasteiger partial charge in [0.05, 0.1) is 22.7 Å². The van der Waals surface area contributed by atoms with Crippen molar-refractivity contribution in [2.45, 2.75) is 6.61 Å². The number of nitrogens with zero attached hydrogens (tertiary/aromatic N) is 1. The number of hydrogen-bond donors (Lipinski definition) is 1. The van der Waals surface area contributed by atoms with Crippen LogP contribution in [0.1, 0.15) is 11.1 Å². The van der Waals surface area contributed by atoms with Crippen LogP contribution in [0.3, 0.4) is 0 Å². The minimum atomic E-state index is -0.220. The summed E-state index contributed by atoms with van der Waals surface area (Å²) < 4.78 is 11.4. The number of halogens is 2. The van der Waals surface area contributed by atoms with Crippen molar-refractivity contribution in [3.05, 3.63) is 92.8 Å². The number of carbonyl (C=O) groups excluding carboxylic acids is 1. The first-order valence-corrected chi connectivity index (χ1v) is 11.2. The molecular weight excluding hydrogens is 467 g/mol. The van der Waals surface area contributed by atoms with Crippen LogP contribution in [0, 0.1) is 0 Å². The molecule has 0 aromatic heterocycles. The zero-order valence-electron chi connectivity index (χ0n) is 17.0. The Hall–Kier alpha value is -2.93. The van der Waals surface area contributed by atoms with Gasteiger partial charge in [-0.3, -0.25) is 4.79 Å². The fraction of sp³-hybridized carbons (Fsp3) is 0.0833. The van der Waals surface area contributed by atoms with Gasteiger partial charge in [-0.25, -0.2) is 4.99 Å². The fourth-order valence-corrected chi connectivity index (χ4v) is 4.06. The predicted octanol–water partition coefficient (Wildman–Crippen LogP) is 6.47. The summed E-state index contributed by atoms with van der Waals surface area (Å²) in [5.41, 5.74) is 2.39. The second-order valence-electron chi connectivity index (χ2n) is 6.76. The Morgan fingerprint density at radius 2 is 1.81 bits per heavy atom. The Morgan fingerprint density at radius 3 is 2.56 bits per heavy atom. The Morgan fingerprint density at radius 1 is 1.03 bits per heavy atom. The van der Waals surface area contributed by atoms with Gasteiger partial charge in [0, 0.05) is 5.02 Å². The molecule has 32 heavy (non-hydrogen) atoms. The van der Waals surface area contributed by atoms with Crippen LogP contribution >= 0.6 is 35.0 Å². The van der Waals surface area contributed by atoms with Gasteiger partial charge >= 0.3 is 0 Å². The lowest BCUT2D eigenvalue weighted by molar-refractivity contribution is -0.115. The van der Waals surface area contributed by atoms with Gasteiger partial charge in [-0.15, -0.1) is 0 Å². The lowest BCUT2D eigenvalue weighted by Crippen LogP contribution is -2.19. The van der Waals surface area contributed by atoms with Crippen molar-refractivity contribution < 1.29 is 14.3 Å². The molecule has 0 unspecified atom stereocenters. The molecular formula is C24H18Cl2N2O3S. The molecule has 1 fully saturated rings. The van der Waals surface area contributed by atoms with Crippen LogP contribution in [0.15, 0.2) is 76.6 Å². The number of hydrogen-bond acceptors (Lipinski definition) is 5. The Balaban J connectivity index is 1.49. The first-order chi connectivity index (χ1) is 15.5. The average Bonchev–Trinajstić information content (AvgIpc) is 3.14. The maximum Gasteiger partial charge on any atom is 0.264 e. The van der Waals surface area contributed by atoms with E-state index in [9.17, 15) is 4.79 Å². The van der Waals surface area contributed by atoms with Crippen LogP contribution in [0.2, 0.25) is 10.0 Å².